The van der Waals surface area contributed by atoms with Gasteiger partial charge in [-0.15, -0.1) is 0 Å². The minimum absolute atomic E-state index is 0.198. The number of rotatable bonds is 5. The highest BCUT2D eigenvalue weighted by Gasteiger charge is 2.11. The molecule has 0 saturated carbocycles. The smallest absolute Gasteiger partial charge is 0.330 e. The molecular formula is C18H17N3O3. The summed E-state index contributed by atoms with van der Waals surface area (Å²) in [6, 6.07) is 12.4. The highest BCUT2D eigenvalue weighted by Crippen LogP contribution is 2.14. The summed E-state index contributed by atoms with van der Waals surface area (Å²) in [6.45, 7) is 1.83. The number of amides is 1. The number of nitrogens with one attached hydrogen (secondary N) is 2. The van der Waals surface area contributed by atoms with E-state index >= 15 is 0 Å². The summed E-state index contributed by atoms with van der Waals surface area (Å²) in [5.74, 6) is -0.377. The Morgan fingerprint density at radius 2 is 2.08 bits per heavy atom. The van der Waals surface area contributed by atoms with Crippen molar-refractivity contribution in [3.63, 3.8) is 0 Å². The van der Waals surface area contributed by atoms with Crippen LogP contribution in [0.15, 0.2) is 48.8 Å². The van der Waals surface area contributed by atoms with Gasteiger partial charge in [0.2, 0.25) is 0 Å². The SMILES string of the molecule is CCc1cccc(OC(=O)CNC(=O)c2ccc3nc[nH]c3c2)c1. The van der Waals surface area contributed by atoms with Crippen molar-refractivity contribution in [2.45, 2.75) is 13.3 Å². The molecular weight excluding hydrogens is 306 g/mol. The summed E-state index contributed by atoms with van der Waals surface area (Å²) in [4.78, 5) is 31.0. The van der Waals surface area contributed by atoms with E-state index in [9.17, 15) is 9.59 Å². The molecule has 0 unspecified atom stereocenters. The number of nitrogens with zero attached hydrogens (tertiary/aromatic N) is 1. The minimum atomic E-state index is -0.515. The van der Waals surface area contributed by atoms with Gasteiger partial charge >= 0.3 is 5.97 Å². The number of benzene rings is 2. The number of imidazole rings is 1. The number of H-pyrrole nitrogens is 1. The summed E-state index contributed by atoms with van der Waals surface area (Å²) in [5.41, 5.74) is 3.08. The first-order chi connectivity index (χ1) is 11.7. The first kappa shape index (κ1) is 15.7. The molecule has 2 aromatic carbocycles. The van der Waals surface area contributed by atoms with Crippen LogP contribution in [0.1, 0.15) is 22.8 Å². The zero-order chi connectivity index (χ0) is 16.9. The van der Waals surface area contributed by atoms with Crippen molar-refractivity contribution in [1.29, 1.82) is 0 Å². The van der Waals surface area contributed by atoms with E-state index in [0.29, 0.717) is 11.3 Å². The van der Waals surface area contributed by atoms with Gasteiger partial charge in [-0.2, -0.15) is 0 Å². The molecule has 1 amide bonds. The monoisotopic (exact) mass is 323 g/mol. The largest absolute Gasteiger partial charge is 0.425 e. The van der Waals surface area contributed by atoms with Gasteiger partial charge in [0.05, 0.1) is 17.4 Å². The molecule has 3 rings (SSSR count). The number of ether oxygens (including phenoxy) is 1. The molecule has 1 heterocycles. The lowest BCUT2D eigenvalue weighted by Gasteiger charge is -2.07. The van der Waals surface area contributed by atoms with Crippen molar-refractivity contribution < 1.29 is 14.3 Å². The van der Waals surface area contributed by atoms with Gasteiger partial charge in [0.1, 0.15) is 12.3 Å². The van der Waals surface area contributed by atoms with Crippen molar-refractivity contribution >= 4 is 22.9 Å². The lowest BCUT2D eigenvalue weighted by atomic mass is 10.2. The number of fused-ring (bicyclic) bond motifs is 1. The highest BCUT2D eigenvalue weighted by molar-refractivity contribution is 5.98. The summed E-state index contributed by atoms with van der Waals surface area (Å²) in [6.07, 6.45) is 2.42. The molecule has 122 valence electrons. The molecule has 0 spiro atoms. The quantitative estimate of drug-likeness (QED) is 0.558. The van der Waals surface area contributed by atoms with E-state index < -0.39 is 5.97 Å². The van der Waals surface area contributed by atoms with Crippen LogP contribution < -0.4 is 10.1 Å². The Balaban J connectivity index is 1.57. The molecule has 0 aliphatic heterocycles. The number of carbonyl (C=O) groups excluding carboxylic acids is 2. The van der Waals surface area contributed by atoms with Crippen LogP contribution in [0, 0.1) is 0 Å². The molecule has 2 N–H and O–H groups in total. The van der Waals surface area contributed by atoms with Crippen molar-refractivity contribution in [3.05, 3.63) is 59.9 Å². The number of carbonyl (C=O) groups is 2. The highest BCUT2D eigenvalue weighted by atomic mass is 16.5. The van der Waals surface area contributed by atoms with E-state index in [0.717, 1.165) is 23.0 Å². The number of hydrogen-bond acceptors (Lipinski definition) is 4. The summed E-state index contributed by atoms with van der Waals surface area (Å²) in [7, 11) is 0. The van der Waals surface area contributed by atoms with Gasteiger partial charge in [-0.25, -0.2) is 9.78 Å². The predicted octanol–water partition coefficient (Wildman–Crippen LogP) is 2.46. The Morgan fingerprint density at radius 1 is 1.21 bits per heavy atom. The van der Waals surface area contributed by atoms with Gasteiger partial charge in [0, 0.05) is 5.56 Å². The van der Waals surface area contributed by atoms with Gasteiger partial charge < -0.3 is 15.0 Å². The third-order valence-corrected chi connectivity index (χ3v) is 3.61. The first-order valence-electron chi connectivity index (χ1n) is 7.66. The number of aryl methyl sites for hydroxylation is 1. The van der Waals surface area contributed by atoms with Gasteiger partial charge in [-0.3, -0.25) is 4.79 Å². The Morgan fingerprint density at radius 3 is 2.92 bits per heavy atom. The van der Waals surface area contributed by atoms with Crippen molar-refractivity contribution in [1.82, 2.24) is 15.3 Å². The van der Waals surface area contributed by atoms with E-state index in [1.165, 1.54) is 0 Å². The molecule has 0 atom stereocenters. The Labute approximate surface area is 138 Å². The molecule has 6 heteroatoms. The molecule has 0 radical (unpaired) electrons. The maximum Gasteiger partial charge on any atom is 0.330 e. The molecule has 0 saturated heterocycles. The van der Waals surface area contributed by atoms with Gasteiger partial charge in [0.25, 0.3) is 5.91 Å². The molecule has 0 aliphatic carbocycles. The van der Waals surface area contributed by atoms with Crippen LogP contribution in [0.25, 0.3) is 11.0 Å². The van der Waals surface area contributed by atoms with Crippen LogP contribution in [0.4, 0.5) is 0 Å². The fourth-order valence-corrected chi connectivity index (χ4v) is 2.33. The Kier molecular flexibility index (Phi) is 4.56. The van der Waals surface area contributed by atoms with Crippen LogP contribution in [-0.2, 0) is 11.2 Å². The average Bonchev–Trinajstić information content (AvgIpc) is 3.07. The van der Waals surface area contributed by atoms with Crippen molar-refractivity contribution in [3.8, 4) is 5.75 Å². The van der Waals surface area contributed by atoms with Crippen LogP contribution in [0.2, 0.25) is 0 Å². The fraction of sp³-hybridized carbons (Fsp3) is 0.167. The maximum atomic E-state index is 12.1. The molecule has 0 aliphatic rings. The standard InChI is InChI=1S/C18H17N3O3/c1-2-12-4-3-5-14(8-12)24-17(22)10-19-18(23)13-6-7-15-16(9-13)21-11-20-15/h3-9,11H,2,10H2,1H3,(H,19,23)(H,20,21). The van der Waals surface area contributed by atoms with E-state index in [2.05, 4.69) is 15.3 Å². The molecule has 0 bridgehead atoms. The van der Waals surface area contributed by atoms with E-state index in [-0.39, 0.29) is 12.5 Å². The van der Waals surface area contributed by atoms with Crippen LogP contribution in [0.3, 0.4) is 0 Å². The van der Waals surface area contributed by atoms with E-state index in [4.69, 9.17) is 4.74 Å². The normalized spacial score (nSPS) is 10.5. The molecule has 3 aromatic rings. The Hall–Kier alpha value is -3.15. The third-order valence-electron chi connectivity index (χ3n) is 3.61. The molecule has 6 nitrogen and oxygen atoms in total. The number of aromatic nitrogens is 2. The number of aromatic amines is 1. The average molecular weight is 323 g/mol. The second-order valence-electron chi connectivity index (χ2n) is 5.29. The molecule has 24 heavy (non-hydrogen) atoms. The fourth-order valence-electron chi connectivity index (χ4n) is 2.33. The van der Waals surface area contributed by atoms with Crippen LogP contribution >= 0.6 is 0 Å². The topological polar surface area (TPSA) is 84.1 Å². The summed E-state index contributed by atoms with van der Waals surface area (Å²) < 4.78 is 5.23. The number of hydrogen-bond donors (Lipinski definition) is 2. The molecule has 0 fully saturated rings. The lowest BCUT2D eigenvalue weighted by molar-refractivity contribution is -0.133. The second-order valence-corrected chi connectivity index (χ2v) is 5.29. The van der Waals surface area contributed by atoms with Gasteiger partial charge in [-0.1, -0.05) is 19.1 Å². The predicted molar refractivity (Wildman–Crippen MR) is 89.9 cm³/mol. The van der Waals surface area contributed by atoms with E-state index in [1.807, 2.05) is 25.1 Å². The van der Waals surface area contributed by atoms with Gasteiger partial charge in [-0.05, 0) is 42.3 Å². The first-order valence-corrected chi connectivity index (χ1v) is 7.66. The molecule has 1 aromatic heterocycles. The van der Waals surface area contributed by atoms with Crippen molar-refractivity contribution in [2.24, 2.45) is 0 Å². The zero-order valence-electron chi connectivity index (χ0n) is 13.2. The maximum absolute atomic E-state index is 12.1. The number of esters is 1. The van der Waals surface area contributed by atoms with Gasteiger partial charge in [0.15, 0.2) is 0 Å². The zero-order valence-corrected chi connectivity index (χ0v) is 13.2. The lowest BCUT2D eigenvalue weighted by Crippen LogP contribution is -2.31. The third kappa shape index (κ3) is 3.60. The second kappa shape index (κ2) is 6.95. The van der Waals surface area contributed by atoms with E-state index in [1.54, 1.807) is 30.6 Å². The van der Waals surface area contributed by atoms with Crippen LogP contribution in [-0.4, -0.2) is 28.4 Å². The summed E-state index contributed by atoms with van der Waals surface area (Å²) in [5, 5.41) is 2.56. The Bertz CT molecular complexity index is 886. The van der Waals surface area contributed by atoms with Crippen molar-refractivity contribution in [2.75, 3.05) is 6.54 Å². The van der Waals surface area contributed by atoms with Crippen LogP contribution in [0.5, 0.6) is 5.75 Å². The minimum Gasteiger partial charge on any atom is -0.425 e. The summed E-state index contributed by atoms with van der Waals surface area (Å²) >= 11 is 0.